The van der Waals surface area contributed by atoms with Crippen LogP contribution in [0.25, 0.3) is 6.08 Å². The second kappa shape index (κ2) is 5.71. The van der Waals surface area contributed by atoms with Crippen molar-refractivity contribution in [2.75, 3.05) is 11.5 Å². The van der Waals surface area contributed by atoms with Gasteiger partial charge in [-0.2, -0.15) is 12.6 Å². The number of aryl methyl sites for hydroxylation is 1. The Hall–Kier alpha value is -0.905. The Morgan fingerprint density at radius 3 is 2.29 bits per heavy atom. The van der Waals surface area contributed by atoms with Gasteiger partial charge in [0, 0.05) is 11.4 Å². The SMILES string of the molecule is Cc1ccc(C=C(CS)B2OC(C)(C)C(C)(C)O2)cc1N. The summed E-state index contributed by atoms with van der Waals surface area (Å²) >= 11 is 4.42. The summed E-state index contributed by atoms with van der Waals surface area (Å²) < 4.78 is 12.1. The van der Waals surface area contributed by atoms with Gasteiger partial charge in [0.25, 0.3) is 0 Å². The molecule has 0 aliphatic carbocycles. The number of anilines is 1. The Bertz CT molecular complexity index is 553. The molecule has 1 aliphatic heterocycles. The maximum Gasteiger partial charge on any atom is 0.491 e. The monoisotopic (exact) mass is 305 g/mol. The van der Waals surface area contributed by atoms with Gasteiger partial charge in [-0.25, -0.2) is 0 Å². The fourth-order valence-corrected chi connectivity index (χ4v) is 2.39. The number of benzene rings is 1. The first-order valence-corrected chi connectivity index (χ1v) is 7.82. The Balaban J connectivity index is 2.28. The maximum atomic E-state index is 6.07. The van der Waals surface area contributed by atoms with Crippen LogP contribution in [0.2, 0.25) is 0 Å². The highest BCUT2D eigenvalue weighted by Gasteiger charge is 2.52. The smallest absolute Gasteiger partial charge is 0.400 e. The lowest BCUT2D eigenvalue weighted by molar-refractivity contribution is 0.00578. The molecule has 1 aromatic rings. The van der Waals surface area contributed by atoms with Crippen LogP contribution in [-0.4, -0.2) is 24.1 Å². The predicted molar refractivity (Wildman–Crippen MR) is 93.5 cm³/mol. The Morgan fingerprint density at radius 1 is 1.24 bits per heavy atom. The highest BCUT2D eigenvalue weighted by molar-refractivity contribution is 7.80. The predicted octanol–water partition coefficient (Wildman–Crippen LogP) is 3.52. The van der Waals surface area contributed by atoms with E-state index in [-0.39, 0.29) is 18.3 Å². The topological polar surface area (TPSA) is 44.5 Å². The van der Waals surface area contributed by atoms with Gasteiger partial charge in [0.15, 0.2) is 0 Å². The molecule has 3 nitrogen and oxygen atoms in total. The van der Waals surface area contributed by atoms with E-state index >= 15 is 0 Å². The Kier molecular flexibility index (Phi) is 4.48. The fraction of sp³-hybridized carbons (Fsp3) is 0.500. The molecule has 114 valence electrons. The van der Waals surface area contributed by atoms with Crippen LogP contribution >= 0.6 is 12.6 Å². The van der Waals surface area contributed by atoms with E-state index in [9.17, 15) is 0 Å². The Labute approximate surface area is 133 Å². The minimum absolute atomic E-state index is 0.341. The lowest BCUT2D eigenvalue weighted by Crippen LogP contribution is -2.41. The number of hydrogen-bond acceptors (Lipinski definition) is 4. The van der Waals surface area contributed by atoms with E-state index in [1.54, 1.807) is 0 Å². The molecular formula is C16H24BNO2S. The molecule has 0 aromatic heterocycles. The van der Waals surface area contributed by atoms with Gasteiger partial charge in [-0.1, -0.05) is 18.2 Å². The zero-order valence-corrected chi connectivity index (χ0v) is 14.3. The summed E-state index contributed by atoms with van der Waals surface area (Å²) in [6.45, 7) is 10.2. The summed E-state index contributed by atoms with van der Waals surface area (Å²) in [5, 5.41) is 0. The number of nitrogen functional groups attached to an aromatic ring is 1. The largest absolute Gasteiger partial charge is 0.491 e. The van der Waals surface area contributed by atoms with E-state index in [1.165, 1.54) is 0 Å². The number of hydrogen-bond donors (Lipinski definition) is 2. The third kappa shape index (κ3) is 3.30. The van der Waals surface area contributed by atoms with Gasteiger partial charge in [-0.05, 0) is 57.3 Å². The van der Waals surface area contributed by atoms with E-state index in [0.717, 1.165) is 22.3 Å². The molecule has 1 aromatic carbocycles. The number of nitrogens with two attached hydrogens (primary N) is 1. The second-order valence-corrected chi connectivity index (χ2v) is 6.90. The van der Waals surface area contributed by atoms with Crippen molar-refractivity contribution in [3.05, 3.63) is 34.8 Å². The first-order valence-electron chi connectivity index (χ1n) is 7.19. The van der Waals surface area contributed by atoms with E-state index in [0.29, 0.717) is 5.75 Å². The molecule has 2 rings (SSSR count). The molecule has 0 unspecified atom stereocenters. The standard InChI is InChI=1S/C16H24BNO2S/c1-11-6-7-12(9-14(11)18)8-13(10-21)17-19-15(2,3)16(4,5)20-17/h6-9,21H,10,18H2,1-5H3. The van der Waals surface area contributed by atoms with Gasteiger partial charge in [0.05, 0.1) is 11.2 Å². The van der Waals surface area contributed by atoms with Crippen molar-refractivity contribution in [2.45, 2.75) is 45.8 Å². The molecule has 0 atom stereocenters. The third-order valence-corrected chi connectivity index (χ3v) is 4.76. The first kappa shape index (κ1) is 16.5. The minimum atomic E-state index is -0.366. The zero-order chi connectivity index (χ0) is 15.8. The molecule has 0 saturated carbocycles. The molecule has 21 heavy (non-hydrogen) atoms. The molecule has 0 amide bonds. The third-order valence-electron chi connectivity index (χ3n) is 4.39. The zero-order valence-electron chi connectivity index (χ0n) is 13.4. The van der Waals surface area contributed by atoms with Crippen molar-refractivity contribution in [2.24, 2.45) is 0 Å². The van der Waals surface area contributed by atoms with Crippen molar-refractivity contribution >= 4 is 31.5 Å². The van der Waals surface area contributed by atoms with Crippen LogP contribution in [0.3, 0.4) is 0 Å². The summed E-state index contributed by atoms with van der Waals surface area (Å²) in [5.74, 6) is 0.574. The molecule has 1 aliphatic rings. The van der Waals surface area contributed by atoms with Crippen LogP contribution in [-0.2, 0) is 9.31 Å². The van der Waals surface area contributed by atoms with Crippen LogP contribution in [0.5, 0.6) is 0 Å². The van der Waals surface area contributed by atoms with E-state index in [1.807, 2.05) is 58.9 Å². The van der Waals surface area contributed by atoms with Crippen LogP contribution in [0.1, 0.15) is 38.8 Å². The lowest BCUT2D eigenvalue weighted by atomic mass is 9.78. The molecule has 1 fully saturated rings. The van der Waals surface area contributed by atoms with Crippen molar-refractivity contribution in [3.63, 3.8) is 0 Å². The van der Waals surface area contributed by atoms with Gasteiger partial charge >= 0.3 is 7.12 Å². The first-order chi connectivity index (χ1) is 9.66. The van der Waals surface area contributed by atoms with Crippen molar-refractivity contribution < 1.29 is 9.31 Å². The van der Waals surface area contributed by atoms with Crippen LogP contribution in [0.4, 0.5) is 5.69 Å². The molecule has 0 bridgehead atoms. The molecule has 1 saturated heterocycles. The van der Waals surface area contributed by atoms with E-state index < -0.39 is 0 Å². The van der Waals surface area contributed by atoms with Crippen molar-refractivity contribution in [1.82, 2.24) is 0 Å². The molecule has 1 heterocycles. The van der Waals surface area contributed by atoms with Crippen LogP contribution in [0.15, 0.2) is 23.7 Å². The van der Waals surface area contributed by atoms with E-state index in [2.05, 4.69) is 12.6 Å². The summed E-state index contributed by atoms with van der Waals surface area (Å²) in [6.07, 6.45) is 2.05. The van der Waals surface area contributed by atoms with Gasteiger partial charge in [-0.15, -0.1) is 0 Å². The number of rotatable bonds is 3. The highest BCUT2D eigenvalue weighted by Crippen LogP contribution is 2.39. The average Bonchev–Trinajstić information content (AvgIpc) is 2.59. The quantitative estimate of drug-likeness (QED) is 0.510. The summed E-state index contributed by atoms with van der Waals surface area (Å²) in [7, 11) is -0.366. The normalized spacial score (nSPS) is 20.9. The average molecular weight is 305 g/mol. The summed E-state index contributed by atoms with van der Waals surface area (Å²) in [5.41, 5.74) is 9.19. The van der Waals surface area contributed by atoms with Crippen molar-refractivity contribution in [1.29, 1.82) is 0 Å². The Morgan fingerprint density at radius 2 is 1.81 bits per heavy atom. The second-order valence-electron chi connectivity index (χ2n) is 6.58. The highest BCUT2D eigenvalue weighted by atomic mass is 32.1. The van der Waals surface area contributed by atoms with Gasteiger partial charge < -0.3 is 15.0 Å². The van der Waals surface area contributed by atoms with E-state index in [4.69, 9.17) is 15.0 Å². The van der Waals surface area contributed by atoms with Gasteiger partial charge in [0.1, 0.15) is 0 Å². The van der Waals surface area contributed by atoms with Crippen LogP contribution < -0.4 is 5.73 Å². The minimum Gasteiger partial charge on any atom is -0.400 e. The van der Waals surface area contributed by atoms with Crippen LogP contribution in [0, 0.1) is 6.92 Å². The molecule has 5 heteroatoms. The number of thiol groups is 1. The molecular weight excluding hydrogens is 281 g/mol. The van der Waals surface area contributed by atoms with Gasteiger partial charge in [-0.3, -0.25) is 0 Å². The molecule has 2 N–H and O–H groups in total. The van der Waals surface area contributed by atoms with Gasteiger partial charge in [0.2, 0.25) is 0 Å². The fourth-order valence-electron chi connectivity index (χ4n) is 2.15. The molecule has 0 spiro atoms. The summed E-state index contributed by atoms with van der Waals surface area (Å²) in [4.78, 5) is 0. The lowest BCUT2D eigenvalue weighted by Gasteiger charge is -2.32. The molecule has 0 radical (unpaired) electrons. The maximum absolute atomic E-state index is 6.07. The summed E-state index contributed by atoms with van der Waals surface area (Å²) in [6, 6.07) is 6.02. The van der Waals surface area contributed by atoms with Crippen molar-refractivity contribution in [3.8, 4) is 0 Å².